The molecule has 0 bridgehead atoms. The molecule has 3 heteroatoms. The molecule has 0 fully saturated rings. The van der Waals surface area contributed by atoms with Gasteiger partial charge in [0.05, 0.1) is 11.6 Å². The van der Waals surface area contributed by atoms with Crippen LogP contribution in [-0.2, 0) is 0 Å². The number of pyridine rings is 1. The minimum atomic E-state index is 0. The smallest absolute Gasteiger partial charge is 0.0991 e. The van der Waals surface area contributed by atoms with Crippen LogP contribution in [0.4, 0.5) is 0 Å². The number of benzene rings is 2. The second-order valence-electron chi connectivity index (χ2n) is 4.40. The van der Waals surface area contributed by atoms with Crippen molar-refractivity contribution in [3.8, 4) is 28.5 Å². The fourth-order valence-corrected chi connectivity index (χ4v) is 2.08. The van der Waals surface area contributed by atoms with E-state index in [9.17, 15) is 0 Å². The molecule has 2 aromatic carbocycles. The molecule has 21 heavy (non-hydrogen) atoms. The number of hydrogen-bond acceptors (Lipinski definition) is 2. The fourth-order valence-electron chi connectivity index (χ4n) is 2.08. The average Bonchev–Trinajstić information content (AvgIpc) is 2.56. The van der Waals surface area contributed by atoms with Gasteiger partial charge in [-0.2, -0.15) is 5.26 Å². The largest absolute Gasteiger partial charge is 0.305 e. The molecule has 1 heterocycles. The molecule has 0 amide bonds. The van der Waals surface area contributed by atoms with Crippen LogP contribution in [-0.4, -0.2) is 4.98 Å². The number of nitrogens with zero attached hydrogens (tertiary/aromatic N) is 2. The maximum Gasteiger partial charge on any atom is 0.0991 e. The van der Waals surface area contributed by atoms with Crippen molar-refractivity contribution in [3.05, 3.63) is 78.5 Å². The summed E-state index contributed by atoms with van der Waals surface area (Å²) in [5.74, 6) is 0. The zero-order chi connectivity index (χ0) is 13.8. The average molecular weight is 423 g/mol. The first-order chi connectivity index (χ1) is 9.86. The van der Waals surface area contributed by atoms with Crippen molar-refractivity contribution in [2.24, 2.45) is 0 Å². The first-order valence-corrected chi connectivity index (χ1v) is 6.30. The van der Waals surface area contributed by atoms with Gasteiger partial charge in [-0.25, -0.2) is 0 Å². The molecule has 0 unspecified atom stereocenters. The molecule has 2 nitrogen and oxygen atoms in total. The molecule has 0 spiro atoms. The summed E-state index contributed by atoms with van der Waals surface area (Å²) in [5, 5.41) is 8.97. The Kier molecular flexibility index (Phi) is 5.51. The number of nitriles is 1. The summed E-state index contributed by atoms with van der Waals surface area (Å²) in [6.07, 6.45) is 1.78. The quantitative estimate of drug-likeness (QED) is 0.584. The minimum absolute atomic E-state index is 0. The Hall–Kier alpha value is -1.67. The second kappa shape index (κ2) is 7.37. The van der Waals surface area contributed by atoms with Gasteiger partial charge in [-0.3, -0.25) is 0 Å². The van der Waals surface area contributed by atoms with E-state index in [2.05, 4.69) is 17.1 Å². The summed E-state index contributed by atoms with van der Waals surface area (Å²) in [7, 11) is 0. The third-order valence-corrected chi connectivity index (χ3v) is 3.07. The van der Waals surface area contributed by atoms with Gasteiger partial charge in [0.1, 0.15) is 0 Å². The standard InChI is InChI=1S/C18H11N2.Er/c19-13-14-5-4-8-16(11-14)17-9-10-20-18(12-17)15-6-2-1-3-7-15;/h1-6,8-12H;/q-1;. The summed E-state index contributed by atoms with van der Waals surface area (Å²) in [5.41, 5.74) is 4.57. The van der Waals surface area contributed by atoms with Crippen molar-refractivity contribution in [3.63, 3.8) is 0 Å². The fraction of sp³-hybridized carbons (Fsp3) is 0. The number of rotatable bonds is 2. The molecule has 3 aromatic rings. The van der Waals surface area contributed by atoms with Crippen molar-refractivity contribution < 1.29 is 37.3 Å². The Labute approximate surface area is 153 Å². The Morgan fingerprint density at radius 1 is 0.952 bits per heavy atom. The van der Waals surface area contributed by atoms with Crippen LogP contribution >= 0.6 is 0 Å². The van der Waals surface area contributed by atoms with Gasteiger partial charge in [-0.1, -0.05) is 18.2 Å². The maximum atomic E-state index is 8.97. The topological polar surface area (TPSA) is 36.7 Å². The van der Waals surface area contributed by atoms with Crippen molar-refractivity contribution in [1.29, 1.82) is 5.26 Å². The molecule has 1 aromatic heterocycles. The Balaban J connectivity index is 0.00000161. The minimum Gasteiger partial charge on any atom is -0.305 e. The Morgan fingerprint density at radius 3 is 2.57 bits per heavy atom. The van der Waals surface area contributed by atoms with Crippen molar-refractivity contribution in [1.82, 2.24) is 4.98 Å². The van der Waals surface area contributed by atoms with Gasteiger partial charge in [0.15, 0.2) is 0 Å². The first-order valence-electron chi connectivity index (χ1n) is 6.30. The van der Waals surface area contributed by atoms with Crippen LogP contribution in [0.1, 0.15) is 5.56 Å². The Morgan fingerprint density at radius 2 is 1.81 bits per heavy atom. The van der Waals surface area contributed by atoms with Crippen LogP contribution in [0.25, 0.3) is 22.4 Å². The van der Waals surface area contributed by atoms with E-state index in [1.807, 2.05) is 54.6 Å². The van der Waals surface area contributed by atoms with Crippen LogP contribution in [0.2, 0.25) is 0 Å². The van der Waals surface area contributed by atoms with E-state index >= 15 is 0 Å². The summed E-state index contributed by atoms with van der Waals surface area (Å²) in [4.78, 5) is 4.38. The molecule has 0 atom stereocenters. The van der Waals surface area contributed by atoms with E-state index in [1.54, 1.807) is 12.3 Å². The van der Waals surface area contributed by atoms with Gasteiger partial charge in [-0.05, 0) is 35.0 Å². The predicted octanol–water partition coefficient (Wildman–Crippen LogP) is 4.09. The first kappa shape index (κ1) is 15.7. The van der Waals surface area contributed by atoms with Crippen LogP contribution in [0.5, 0.6) is 0 Å². The molecule has 0 aliphatic carbocycles. The third-order valence-electron chi connectivity index (χ3n) is 3.07. The SMILES string of the molecule is N#Cc1cccc(-c2ccnc(-c3[c-]cccc3)c2)c1.[Er]. The van der Waals surface area contributed by atoms with E-state index in [4.69, 9.17) is 5.26 Å². The van der Waals surface area contributed by atoms with Gasteiger partial charge in [0.25, 0.3) is 0 Å². The summed E-state index contributed by atoms with van der Waals surface area (Å²) in [6.45, 7) is 0. The molecule has 0 aliphatic rings. The molecule has 0 saturated carbocycles. The summed E-state index contributed by atoms with van der Waals surface area (Å²) < 4.78 is 0. The van der Waals surface area contributed by atoms with Gasteiger partial charge in [0.2, 0.25) is 0 Å². The molecule has 3 rings (SSSR count). The van der Waals surface area contributed by atoms with E-state index in [0.717, 1.165) is 22.4 Å². The van der Waals surface area contributed by atoms with Gasteiger partial charge < -0.3 is 4.98 Å². The van der Waals surface area contributed by atoms with Gasteiger partial charge in [0, 0.05) is 43.5 Å². The van der Waals surface area contributed by atoms with E-state index in [1.165, 1.54) is 0 Å². The summed E-state index contributed by atoms with van der Waals surface area (Å²) >= 11 is 0. The van der Waals surface area contributed by atoms with Crippen molar-refractivity contribution in [2.75, 3.05) is 0 Å². The zero-order valence-corrected chi connectivity index (χ0v) is 12.9. The molecule has 106 valence electrons. The molecular formula is C18H11ErN2-. The number of aromatic nitrogens is 1. The van der Waals surface area contributed by atoms with Gasteiger partial charge in [-0.15, -0.1) is 35.9 Å². The van der Waals surface area contributed by atoms with Crippen LogP contribution in [0, 0.1) is 54.7 Å². The molecule has 0 saturated heterocycles. The number of hydrogen-bond donors (Lipinski definition) is 0. The summed E-state index contributed by atoms with van der Waals surface area (Å²) in [6, 6.07) is 24.6. The molecule has 0 aliphatic heterocycles. The normalized spacial score (nSPS) is 9.48. The Bertz CT molecular complexity index is 776. The second-order valence-corrected chi connectivity index (χ2v) is 4.40. The predicted molar refractivity (Wildman–Crippen MR) is 78.7 cm³/mol. The van der Waals surface area contributed by atoms with Crippen LogP contribution in [0.15, 0.2) is 66.9 Å². The van der Waals surface area contributed by atoms with Crippen molar-refractivity contribution in [2.45, 2.75) is 0 Å². The molecule has 0 radical (unpaired) electrons. The monoisotopic (exact) mass is 421 g/mol. The maximum absolute atomic E-state index is 8.97. The van der Waals surface area contributed by atoms with Gasteiger partial charge >= 0.3 is 0 Å². The van der Waals surface area contributed by atoms with E-state index in [0.29, 0.717) is 5.56 Å². The molecular weight excluding hydrogens is 411 g/mol. The van der Waals surface area contributed by atoms with E-state index < -0.39 is 0 Å². The molecule has 0 N–H and O–H groups in total. The van der Waals surface area contributed by atoms with E-state index in [-0.39, 0.29) is 37.3 Å². The van der Waals surface area contributed by atoms with Crippen LogP contribution in [0.3, 0.4) is 0 Å². The zero-order valence-electron chi connectivity index (χ0n) is 11.0. The van der Waals surface area contributed by atoms with Crippen molar-refractivity contribution >= 4 is 0 Å². The third kappa shape index (κ3) is 3.70. The van der Waals surface area contributed by atoms with Crippen LogP contribution < -0.4 is 0 Å².